The van der Waals surface area contributed by atoms with Gasteiger partial charge in [-0.3, -0.25) is 4.79 Å². The highest BCUT2D eigenvalue weighted by atomic mass is 32.2. The average Bonchev–Trinajstić information content (AvgIpc) is 2.35. The predicted octanol–water partition coefficient (Wildman–Crippen LogP) is 2.85. The monoisotopic (exact) mass is 293 g/mol. The fourth-order valence-corrected chi connectivity index (χ4v) is 2.20. The maximum atomic E-state index is 12.0. The molecule has 0 heterocycles. The second-order valence-corrected chi connectivity index (χ2v) is 5.19. The number of rotatable bonds is 5. The molecule has 1 rings (SSSR count). The van der Waals surface area contributed by atoms with Crippen molar-refractivity contribution < 1.29 is 22.7 Å². The summed E-state index contributed by atoms with van der Waals surface area (Å²) in [5, 5.41) is 1.24. The van der Waals surface area contributed by atoms with Gasteiger partial charge in [0.2, 0.25) is 5.91 Å². The Morgan fingerprint density at radius 1 is 1.47 bits per heavy atom. The number of halogens is 3. The first-order chi connectivity index (χ1) is 8.81. The number of nitrogens with one attached hydrogen (secondary N) is 1. The molecule has 7 heteroatoms. The minimum absolute atomic E-state index is 0.616. The van der Waals surface area contributed by atoms with Gasteiger partial charge in [0.25, 0.3) is 0 Å². The molecule has 1 amide bonds. The third-order valence-corrected chi connectivity index (χ3v) is 3.28. The van der Waals surface area contributed by atoms with Gasteiger partial charge in [-0.15, -0.1) is 11.8 Å². The smallest absolute Gasteiger partial charge is 0.405 e. The largest absolute Gasteiger partial charge is 0.497 e. The van der Waals surface area contributed by atoms with Gasteiger partial charge >= 0.3 is 6.18 Å². The summed E-state index contributed by atoms with van der Waals surface area (Å²) < 4.78 is 40.9. The van der Waals surface area contributed by atoms with Crippen LogP contribution in [0, 0.1) is 0 Å². The minimum Gasteiger partial charge on any atom is -0.497 e. The van der Waals surface area contributed by atoms with Gasteiger partial charge in [-0.2, -0.15) is 13.2 Å². The van der Waals surface area contributed by atoms with E-state index in [1.54, 1.807) is 31.2 Å². The first kappa shape index (κ1) is 15.7. The lowest BCUT2D eigenvalue weighted by molar-refractivity contribution is -0.137. The van der Waals surface area contributed by atoms with Crippen LogP contribution in [-0.2, 0) is 4.79 Å². The molecule has 0 saturated heterocycles. The maximum Gasteiger partial charge on any atom is 0.405 e. The lowest BCUT2D eigenvalue weighted by Gasteiger charge is -2.13. The van der Waals surface area contributed by atoms with Gasteiger partial charge in [0, 0.05) is 4.90 Å². The van der Waals surface area contributed by atoms with Crippen LogP contribution >= 0.6 is 11.8 Å². The number of ether oxygens (including phenoxy) is 1. The predicted molar refractivity (Wildman–Crippen MR) is 67.4 cm³/mol. The molecule has 0 spiro atoms. The molecule has 0 aliphatic rings. The summed E-state index contributed by atoms with van der Waals surface area (Å²) in [5.74, 6) is -0.0157. The topological polar surface area (TPSA) is 38.3 Å². The van der Waals surface area contributed by atoms with Crippen molar-refractivity contribution >= 4 is 17.7 Å². The van der Waals surface area contributed by atoms with E-state index in [1.165, 1.54) is 18.9 Å². The Kier molecular flexibility index (Phi) is 5.53. The van der Waals surface area contributed by atoms with Crippen LogP contribution in [0.3, 0.4) is 0 Å². The van der Waals surface area contributed by atoms with Crippen LogP contribution in [0.5, 0.6) is 5.75 Å². The molecule has 0 saturated carbocycles. The zero-order valence-electron chi connectivity index (χ0n) is 10.5. The highest BCUT2D eigenvalue weighted by Gasteiger charge is 2.28. The highest BCUT2D eigenvalue weighted by molar-refractivity contribution is 8.00. The number of thioether (sulfide) groups is 1. The first-order valence-electron chi connectivity index (χ1n) is 5.47. The van der Waals surface area contributed by atoms with E-state index in [0.717, 1.165) is 4.90 Å². The number of carbonyl (C=O) groups excluding carboxylic acids is 1. The number of hydrogen-bond donors (Lipinski definition) is 1. The number of amides is 1. The zero-order chi connectivity index (χ0) is 14.5. The van der Waals surface area contributed by atoms with Crippen molar-refractivity contribution in [2.45, 2.75) is 23.2 Å². The van der Waals surface area contributed by atoms with E-state index < -0.39 is 23.9 Å². The molecule has 0 bridgehead atoms. The molecule has 1 atom stereocenters. The summed E-state index contributed by atoms with van der Waals surface area (Å²) in [7, 11) is 1.52. The van der Waals surface area contributed by atoms with Crippen molar-refractivity contribution in [3.8, 4) is 5.75 Å². The van der Waals surface area contributed by atoms with Crippen LogP contribution in [-0.4, -0.2) is 31.0 Å². The van der Waals surface area contributed by atoms with E-state index in [9.17, 15) is 18.0 Å². The fraction of sp³-hybridized carbons (Fsp3) is 0.417. The van der Waals surface area contributed by atoms with Gasteiger partial charge < -0.3 is 10.1 Å². The summed E-state index contributed by atoms with van der Waals surface area (Å²) in [5.41, 5.74) is 0. The van der Waals surface area contributed by atoms with E-state index in [2.05, 4.69) is 0 Å². The van der Waals surface area contributed by atoms with E-state index in [0.29, 0.717) is 5.75 Å². The third kappa shape index (κ3) is 5.87. The van der Waals surface area contributed by atoms with Crippen LogP contribution in [0.1, 0.15) is 6.92 Å². The number of hydrogen-bond acceptors (Lipinski definition) is 3. The molecule has 1 unspecified atom stereocenters. The van der Waals surface area contributed by atoms with E-state index in [-0.39, 0.29) is 0 Å². The Morgan fingerprint density at radius 2 is 2.16 bits per heavy atom. The van der Waals surface area contributed by atoms with Crippen LogP contribution in [0.2, 0.25) is 0 Å². The van der Waals surface area contributed by atoms with E-state index >= 15 is 0 Å². The number of alkyl halides is 3. The van der Waals surface area contributed by atoms with Gasteiger partial charge in [0.05, 0.1) is 12.4 Å². The maximum absolute atomic E-state index is 12.0. The van der Waals surface area contributed by atoms with Crippen molar-refractivity contribution in [3.63, 3.8) is 0 Å². The Bertz CT molecular complexity index is 437. The molecular weight excluding hydrogens is 279 g/mol. The lowest BCUT2D eigenvalue weighted by Crippen LogP contribution is -2.37. The van der Waals surface area contributed by atoms with Gasteiger partial charge in [-0.1, -0.05) is 6.07 Å². The van der Waals surface area contributed by atoms with Crippen molar-refractivity contribution in [3.05, 3.63) is 24.3 Å². The third-order valence-electron chi connectivity index (χ3n) is 2.19. The van der Waals surface area contributed by atoms with Crippen molar-refractivity contribution in [2.75, 3.05) is 13.7 Å². The number of methoxy groups -OCH3 is 1. The van der Waals surface area contributed by atoms with Gasteiger partial charge in [0.1, 0.15) is 12.3 Å². The minimum atomic E-state index is -4.39. The summed E-state index contributed by atoms with van der Waals surface area (Å²) >= 11 is 1.17. The van der Waals surface area contributed by atoms with Crippen LogP contribution in [0.25, 0.3) is 0 Å². The average molecular weight is 293 g/mol. The van der Waals surface area contributed by atoms with Crippen LogP contribution in [0.4, 0.5) is 13.2 Å². The molecule has 0 fully saturated rings. The molecule has 0 aliphatic heterocycles. The van der Waals surface area contributed by atoms with Crippen LogP contribution < -0.4 is 10.1 Å². The first-order valence-corrected chi connectivity index (χ1v) is 6.35. The molecule has 1 N–H and O–H groups in total. The summed E-state index contributed by atoms with van der Waals surface area (Å²) in [4.78, 5) is 12.2. The second kappa shape index (κ2) is 6.70. The molecule has 3 nitrogen and oxygen atoms in total. The van der Waals surface area contributed by atoms with E-state index in [1.807, 2.05) is 5.32 Å². The van der Waals surface area contributed by atoms with Gasteiger partial charge in [-0.25, -0.2) is 0 Å². The van der Waals surface area contributed by atoms with E-state index in [4.69, 9.17) is 4.74 Å². The summed E-state index contributed by atoms with van der Waals surface area (Å²) in [6.45, 7) is 0.241. The quantitative estimate of drug-likeness (QED) is 0.848. The number of carbonyl (C=O) groups is 1. The Labute approximate surface area is 113 Å². The lowest BCUT2D eigenvalue weighted by atomic mass is 10.3. The molecule has 0 aromatic heterocycles. The van der Waals surface area contributed by atoms with Crippen LogP contribution in [0.15, 0.2) is 29.2 Å². The standard InChI is InChI=1S/C12H14F3NO2S/c1-8(11(17)16-7-12(13,14)15)19-10-5-3-4-9(6-10)18-2/h3-6,8H,7H2,1-2H3,(H,16,17). The molecule has 19 heavy (non-hydrogen) atoms. The Morgan fingerprint density at radius 3 is 2.74 bits per heavy atom. The molecule has 106 valence electrons. The van der Waals surface area contributed by atoms with Gasteiger partial charge in [-0.05, 0) is 25.1 Å². The Balaban J connectivity index is 2.53. The molecule has 1 aromatic carbocycles. The number of benzene rings is 1. The normalized spacial score (nSPS) is 12.9. The Hall–Kier alpha value is -1.37. The molecule has 1 aromatic rings. The van der Waals surface area contributed by atoms with Crippen molar-refractivity contribution in [1.82, 2.24) is 5.32 Å². The molecular formula is C12H14F3NO2S. The van der Waals surface area contributed by atoms with Crippen molar-refractivity contribution in [1.29, 1.82) is 0 Å². The van der Waals surface area contributed by atoms with Gasteiger partial charge in [0.15, 0.2) is 0 Å². The van der Waals surface area contributed by atoms with Crippen molar-refractivity contribution in [2.24, 2.45) is 0 Å². The summed E-state index contributed by atoms with van der Waals surface area (Å²) in [6, 6.07) is 6.99. The highest BCUT2D eigenvalue weighted by Crippen LogP contribution is 2.26. The SMILES string of the molecule is COc1cccc(SC(C)C(=O)NCC(F)(F)F)c1. The second-order valence-electron chi connectivity index (χ2n) is 3.77. The fourth-order valence-electron chi connectivity index (χ4n) is 1.26. The molecule has 0 radical (unpaired) electrons. The zero-order valence-corrected chi connectivity index (χ0v) is 11.3. The summed E-state index contributed by atoms with van der Waals surface area (Å²) in [6.07, 6.45) is -4.39. The molecule has 0 aliphatic carbocycles.